The average molecular weight is 182 g/mol. The summed E-state index contributed by atoms with van der Waals surface area (Å²) in [6, 6.07) is 0.787. The molecule has 0 amide bonds. The maximum absolute atomic E-state index is 3.75. The lowest BCUT2D eigenvalue weighted by molar-refractivity contribution is 0.248. The zero-order valence-electron chi connectivity index (χ0n) is 8.76. The minimum atomic E-state index is 0.787. The number of likely N-dealkylation sites (tertiary alicyclic amines) is 1. The summed E-state index contributed by atoms with van der Waals surface area (Å²) in [5.74, 6) is 0. The Kier molecular flexibility index (Phi) is 5.09. The third kappa shape index (κ3) is 3.49. The highest BCUT2D eigenvalue weighted by atomic mass is 15.2. The predicted molar refractivity (Wildman–Crippen MR) is 58.0 cm³/mol. The van der Waals surface area contributed by atoms with Gasteiger partial charge in [-0.15, -0.1) is 6.58 Å². The van der Waals surface area contributed by atoms with Crippen molar-refractivity contribution in [1.82, 2.24) is 10.2 Å². The molecule has 76 valence electrons. The lowest BCUT2D eigenvalue weighted by Gasteiger charge is -2.23. The third-order valence-corrected chi connectivity index (χ3v) is 2.79. The Hall–Kier alpha value is -0.340. The Morgan fingerprint density at radius 3 is 3.15 bits per heavy atom. The zero-order valence-corrected chi connectivity index (χ0v) is 8.76. The number of nitrogens with zero attached hydrogens (tertiary/aromatic N) is 1. The second kappa shape index (κ2) is 6.17. The van der Waals surface area contributed by atoms with Gasteiger partial charge in [0, 0.05) is 12.6 Å². The molecule has 1 fully saturated rings. The fourth-order valence-electron chi connectivity index (χ4n) is 2.10. The van der Waals surface area contributed by atoms with Crippen molar-refractivity contribution in [2.24, 2.45) is 0 Å². The van der Waals surface area contributed by atoms with E-state index in [0.717, 1.165) is 19.0 Å². The van der Waals surface area contributed by atoms with E-state index >= 15 is 0 Å². The molecular formula is C11H22N2. The molecule has 1 heterocycles. The number of allylic oxidation sites excluding steroid dienone is 1. The van der Waals surface area contributed by atoms with E-state index < -0.39 is 0 Å². The van der Waals surface area contributed by atoms with Crippen LogP contribution < -0.4 is 5.32 Å². The van der Waals surface area contributed by atoms with Gasteiger partial charge in [0.15, 0.2) is 0 Å². The van der Waals surface area contributed by atoms with E-state index in [-0.39, 0.29) is 0 Å². The van der Waals surface area contributed by atoms with E-state index in [1.54, 1.807) is 0 Å². The van der Waals surface area contributed by atoms with Crippen molar-refractivity contribution in [2.75, 3.05) is 26.7 Å². The van der Waals surface area contributed by atoms with Crippen LogP contribution in [0, 0.1) is 0 Å². The van der Waals surface area contributed by atoms with Gasteiger partial charge < -0.3 is 5.32 Å². The molecule has 1 rings (SSSR count). The van der Waals surface area contributed by atoms with Gasteiger partial charge in [-0.25, -0.2) is 0 Å². The minimum absolute atomic E-state index is 0.787. The molecule has 2 heteroatoms. The summed E-state index contributed by atoms with van der Waals surface area (Å²) in [5.41, 5.74) is 0. The zero-order chi connectivity index (χ0) is 9.52. The molecule has 1 atom stereocenters. The van der Waals surface area contributed by atoms with Crippen molar-refractivity contribution in [3.05, 3.63) is 12.7 Å². The molecule has 1 unspecified atom stereocenters. The second-order valence-electron chi connectivity index (χ2n) is 3.82. The van der Waals surface area contributed by atoms with Gasteiger partial charge in [-0.2, -0.15) is 0 Å². The largest absolute Gasteiger partial charge is 0.318 e. The molecule has 0 bridgehead atoms. The van der Waals surface area contributed by atoms with Gasteiger partial charge in [-0.1, -0.05) is 6.08 Å². The highest BCUT2D eigenvalue weighted by molar-refractivity contribution is 4.81. The number of unbranched alkanes of at least 4 members (excludes halogenated alkanes) is 1. The van der Waals surface area contributed by atoms with Crippen molar-refractivity contribution in [3.8, 4) is 0 Å². The molecule has 0 spiro atoms. The first kappa shape index (κ1) is 10.7. The molecule has 0 saturated carbocycles. The van der Waals surface area contributed by atoms with Crippen LogP contribution in [0.2, 0.25) is 0 Å². The Morgan fingerprint density at radius 2 is 2.46 bits per heavy atom. The van der Waals surface area contributed by atoms with Crippen LogP contribution in [-0.4, -0.2) is 37.6 Å². The summed E-state index contributed by atoms with van der Waals surface area (Å²) in [7, 11) is 2.04. The lowest BCUT2D eigenvalue weighted by atomic mass is 10.2. The SMILES string of the molecule is C=CCCCN1CCCC1CNC. The number of likely N-dealkylation sites (N-methyl/N-ethyl adjacent to an activating group) is 1. The standard InChI is InChI=1S/C11H22N2/c1-3-4-5-8-13-9-6-7-11(13)10-12-2/h3,11-12H,1,4-10H2,2H3. The summed E-state index contributed by atoms with van der Waals surface area (Å²) >= 11 is 0. The second-order valence-corrected chi connectivity index (χ2v) is 3.82. The first-order valence-electron chi connectivity index (χ1n) is 5.38. The van der Waals surface area contributed by atoms with Crippen molar-refractivity contribution in [1.29, 1.82) is 0 Å². The fraction of sp³-hybridized carbons (Fsp3) is 0.818. The maximum Gasteiger partial charge on any atom is 0.0220 e. The quantitative estimate of drug-likeness (QED) is 0.496. The van der Waals surface area contributed by atoms with E-state index in [9.17, 15) is 0 Å². The lowest BCUT2D eigenvalue weighted by Crippen LogP contribution is -2.37. The molecule has 0 aromatic carbocycles. The van der Waals surface area contributed by atoms with Gasteiger partial charge in [0.1, 0.15) is 0 Å². The van der Waals surface area contributed by atoms with Crippen LogP contribution in [0.3, 0.4) is 0 Å². The predicted octanol–water partition coefficient (Wildman–Crippen LogP) is 1.64. The summed E-state index contributed by atoms with van der Waals surface area (Å²) in [4.78, 5) is 2.61. The van der Waals surface area contributed by atoms with E-state index in [1.807, 2.05) is 13.1 Å². The van der Waals surface area contributed by atoms with Gasteiger partial charge in [-0.3, -0.25) is 4.90 Å². The van der Waals surface area contributed by atoms with Crippen LogP contribution in [0.25, 0.3) is 0 Å². The van der Waals surface area contributed by atoms with Crippen molar-refractivity contribution in [2.45, 2.75) is 31.7 Å². The van der Waals surface area contributed by atoms with Crippen molar-refractivity contribution in [3.63, 3.8) is 0 Å². The molecule has 0 radical (unpaired) electrons. The Morgan fingerprint density at radius 1 is 1.62 bits per heavy atom. The summed E-state index contributed by atoms with van der Waals surface area (Å²) in [5, 5.41) is 3.27. The Balaban J connectivity index is 2.18. The molecule has 1 aliphatic heterocycles. The molecule has 0 aliphatic carbocycles. The topological polar surface area (TPSA) is 15.3 Å². The molecule has 0 aromatic heterocycles. The first-order valence-corrected chi connectivity index (χ1v) is 5.38. The van der Waals surface area contributed by atoms with Crippen LogP contribution in [0.1, 0.15) is 25.7 Å². The van der Waals surface area contributed by atoms with E-state index in [1.165, 1.54) is 32.4 Å². The molecule has 0 aromatic rings. The van der Waals surface area contributed by atoms with Crippen LogP contribution in [0.15, 0.2) is 12.7 Å². The minimum Gasteiger partial charge on any atom is -0.318 e. The third-order valence-electron chi connectivity index (χ3n) is 2.79. The van der Waals surface area contributed by atoms with E-state index in [4.69, 9.17) is 0 Å². The normalized spacial score (nSPS) is 23.6. The van der Waals surface area contributed by atoms with Gasteiger partial charge in [0.05, 0.1) is 0 Å². The highest BCUT2D eigenvalue weighted by Crippen LogP contribution is 2.16. The smallest absolute Gasteiger partial charge is 0.0220 e. The molecule has 1 N–H and O–H groups in total. The molecule has 13 heavy (non-hydrogen) atoms. The summed E-state index contributed by atoms with van der Waals surface area (Å²) in [6.07, 6.45) is 7.19. The van der Waals surface area contributed by atoms with Crippen molar-refractivity contribution >= 4 is 0 Å². The molecular weight excluding hydrogens is 160 g/mol. The van der Waals surface area contributed by atoms with Crippen LogP contribution in [-0.2, 0) is 0 Å². The Bertz CT molecular complexity index is 145. The van der Waals surface area contributed by atoms with E-state index in [0.29, 0.717) is 0 Å². The number of hydrogen-bond donors (Lipinski definition) is 1. The monoisotopic (exact) mass is 182 g/mol. The van der Waals surface area contributed by atoms with Gasteiger partial charge in [0.25, 0.3) is 0 Å². The maximum atomic E-state index is 3.75. The fourth-order valence-corrected chi connectivity index (χ4v) is 2.10. The number of rotatable bonds is 6. The van der Waals surface area contributed by atoms with Gasteiger partial charge >= 0.3 is 0 Å². The number of nitrogens with one attached hydrogen (secondary N) is 1. The summed E-state index contributed by atoms with van der Waals surface area (Å²) < 4.78 is 0. The van der Waals surface area contributed by atoms with Crippen molar-refractivity contribution < 1.29 is 0 Å². The van der Waals surface area contributed by atoms with Crippen LogP contribution in [0.5, 0.6) is 0 Å². The van der Waals surface area contributed by atoms with E-state index in [2.05, 4.69) is 16.8 Å². The molecule has 1 aliphatic rings. The number of hydrogen-bond acceptors (Lipinski definition) is 2. The highest BCUT2D eigenvalue weighted by Gasteiger charge is 2.22. The first-order chi connectivity index (χ1) is 6.38. The summed E-state index contributed by atoms with van der Waals surface area (Å²) in [6.45, 7) is 7.44. The van der Waals surface area contributed by atoms with Gasteiger partial charge in [0.2, 0.25) is 0 Å². The van der Waals surface area contributed by atoms with Gasteiger partial charge in [-0.05, 0) is 45.8 Å². The van der Waals surface area contributed by atoms with Crippen LogP contribution in [0.4, 0.5) is 0 Å². The molecule has 1 saturated heterocycles. The Labute approximate surface area is 82.0 Å². The molecule has 2 nitrogen and oxygen atoms in total. The van der Waals surface area contributed by atoms with Crippen LogP contribution >= 0.6 is 0 Å². The average Bonchev–Trinajstić information content (AvgIpc) is 2.54.